The topological polar surface area (TPSA) is 123 Å². The van der Waals surface area contributed by atoms with Crippen molar-refractivity contribution in [2.24, 2.45) is 5.92 Å². The van der Waals surface area contributed by atoms with Gasteiger partial charge in [0, 0.05) is 29.5 Å². The van der Waals surface area contributed by atoms with Crippen molar-refractivity contribution in [2.45, 2.75) is 52.0 Å². The maximum absolute atomic E-state index is 13.9. The van der Waals surface area contributed by atoms with E-state index in [1.54, 1.807) is 32.1 Å². The first-order valence-electron chi connectivity index (χ1n) is 13.6. The Morgan fingerprint density at radius 2 is 1.84 bits per heavy atom. The summed E-state index contributed by atoms with van der Waals surface area (Å²) in [6.07, 6.45) is 2.00. The summed E-state index contributed by atoms with van der Waals surface area (Å²) >= 11 is 3.29. The highest BCUT2D eigenvalue weighted by Crippen LogP contribution is 2.34. The van der Waals surface area contributed by atoms with Gasteiger partial charge in [-0.05, 0) is 59.8 Å². The zero-order valence-electron chi connectivity index (χ0n) is 23.9. The third kappa shape index (κ3) is 5.98. The van der Waals surface area contributed by atoms with E-state index in [0.717, 1.165) is 11.8 Å². The Balaban J connectivity index is 1.51. The summed E-state index contributed by atoms with van der Waals surface area (Å²) in [6, 6.07) is 3.45. The number of carbonyl (C=O) groups excluding carboxylic acids is 3. The highest BCUT2D eigenvalue weighted by molar-refractivity contribution is 9.10. The van der Waals surface area contributed by atoms with Crippen LogP contribution in [0.1, 0.15) is 35.1 Å². The lowest BCUT2D eigenvalue weighted by Crippen LogP contribution is -2.48. The van der Waals surface area contributed by atoms with E-state index in [2.05, 4.69) is 47.8 Å². The largest absolute Gasteiger partial charge is 0.454 e. The molecule has 0 saturated carbocycles. The number of anilines is 1. The number of hydrogen-bond acceptors (Lipinski definition) is 7. The van der Waals surface area contributed by atoms with Crippen molar-refractivity contribution >= 4 is 50.2 Å². The Morgan fingerprint density at radius 1 is 1.14 bits per heavy atom. The molecule has 228 valence electrons. The molecule has 0 radical (unpaired) electrons. The van der Waals surface area contributed by atoms with E-state index in [1.807, 2.05) is 6.92 Å². The van der Waals surface area contributed by atoms with Crippen LogP contribution in [0.15, 0.2) is 60.2 Å². The van der Waals surface area contributed by atoms with Crippen LogP contribution in [0.2, 0.25) is 0 Å². The molecule has 1 fully saturated rings. The molecule has 1 N–H and O–H groups in total. The monoisotopic (exact) mass is 669 g/mol. The first-order valence-corrected chi connectivity index (χ1v) is 14.3. The van der Waals surface area contributed by atoms with Gasteiger partial charge in [0.25, 0.3) is 5.78 Å². The Morgan fingerprint density at radius 3 is 2.50 bits per heavy atom. The number of aryl methyl sites for hydroxylation is 2. The molecule has 3 atom stereocenters. The molecule has 5 rings (SSSR count). The number of rotatable bonds is 7. The molecule has 1 aliphatic rings. The van der Waals surface area contributed by atoms with E-state index in [4.69, 9.17) is 0 Å². The lowest BCUT2D eigenvalue weighted by atomic mass is 10.0. The lowest BCUT2D eigenvalue weighted by molar-refractivity contribution is -0.138. The predicted molar refractivity (Wildman–Crippen MR) is 160 cm³/mol. The molecule has 1 saturated heterocycles. The molecule has 4 aromatic heterocycles. The fourth-order valence-electron chi connectivity index (χ4n) is 5.40. The van der Waals surface area contributed by atoms with Crippen LogP contribution in [0, 0.1) is 19.8 Å². The van der Waals surface area contributed by atoms with E-state index in [-0.39, 0.29) is 22.5 Å². The number of aromatic nitrogens is 5. The van der Waals surface area contributed by atoms with E-state index < -0.39 is 48.0 Å². The van der Waals surface area contributed by atoms with E-state index in [9.17, 15) is 27.6 Å². The Bertz CT molecular complexity index is 1790. The molecule has 5 heterocycles. The predicted octanol–water partition coefficient (Wildman–Crippen LogP) is 5.44. The van der Waals surface area contributed by atoms with Crippen molar-refractivity contribution in [3.05, 3.63) is 77.2 Å². The summed E-state index contributed by atoms with van der Waals surface area (Å²) in [5.74, 6) is -2.36. The molecule has 0 aromatic carbocycles. The number of carbonyl (C=O) groups is 3. The summed E-state index contributed by atoms with van der Waals surface area (Å²) in [5, 5.41) is 2.76. The molecular formula is C30H27BrF3N7O3. The average Bonchev–Trinajstić information content (AvgIpc) is 3.51. The molecule has 2 amide bonds. The Kier molecular flexibility index (Phi) is 8.38. The van der Waals surface area contributed by atoms with Crippen LogP contribution in [-0.2, 0) is 16.1 Å². The van der Waals surface area contributed by atoms with Crippen molar-refractivity contribution < 1.29 is 27.6 Å². The van der Waals surface area contributed by atoms with Gasteiger partial charge in [-0.3, -0.25) is 19.4 Å². The quantitative estimate of drug-likeness (QED) is 0.158. The minimum atomic E-state index is -5.15. The van der Waals surface area contributed by atoms with Crippen molar-refractivity contribution in [2.75, 3.05) is 5.32 Å². The summed E-state index contributed by atoms with van der Waals surface area (Å²) in [7, 11) is 0. The third-order valence-electron chi connectivity index (χ3n) is 7.62. The second kappa shape index (κ2) is 11.9. The van der Waals surface area contributed by atoms with Crippen molar-refractivity contribution in [1.29, 1.82) is 0 Å². The normalized spacial score (nSPS) is 18.4. The average molecular weight is 670 g/mol. The van der Waals surface area contributed by atoms with Crippen LogP contribution in [0.3, 0.4) is 0 Å². The molecule has 14 heteroatoms. The Labute approximate surface area is 258 Å². The van der Waals surface area contributed by atoms with Crippen LogP contribution in [0.5, 0.6) is 0 Å². The molecular weight excluding hydrogens is 643 g/mol. The van der Waals surface area contributed by atoms with Gasteiger partial charge in [0.15, 0.2) is 0 Å². The lowest BCUT2D eigenvalue weighted by Gasteiger charge is -2.29. The van der Waals surface area contributed by atoms with Crippen molar-refractivity contribution in [3.63, 3.8) is 0 Å². The van der Waals surface area contributed by atoms with Gasteiger partial charge in [0.1, 0.15) is 28.8 Å². The second-order valence-electron chi connectivity index (χ2n) is 10.6. The maximum Gasteiger partial charge on any atom is 0.454 e. The summed E-state index contributed by atoms with van der Waals surface area (Å²) < 4.78 is 42.6. The van der Waals surface area contributed by atoms with Gasteiger partial charge < -0.3 is 14.8 Å². The van der Waals surface area contributed by atoms with E-state index in [1.165, 1.54) is 34.1 Å². The molecule has 4 aromatic rings. The van der Waals surface area contributed by atoms with Crippen LogP contribution in [-0.4, -0.2) is 65.3 Å². The number of Topliss-reactive ketones (excluding diaryl/α,β-unsaturated/α-hetero) is 1. The zero-order valence-corrected chi connectivity index (χ0v) is 25.5. The number of ketones is 1. The SMILES string of the molecule is C=C[C@@H]1[C@@H](C)C[C@@H](C(=O)Nc2nc(Br)ccc2C)N1C(=O)Cn1cc(C(=O)C(F)(F)F)c2cc(-c3cnc(C)nc3)ncc21. The fourth-order valence-corrected chi connectivity index (χ4v) is 5.71. The first-order chi connectivity index (χ1) is 20.8. The molecule has 10 nitrogen and oxygen atoms in total. The number of pyridine rings is 2. The Hall–Kier alpha value is -4.46. The number of amides is 2. The smallest absolute Gasteiger partial charge is 0.336 e. The molecule has 0 aliphatic carbocycles. The van der Waals surface area contributed by atoms with Gasteiger partial charge in [-0.25, -0.2) is 15.0 Å². The number of likely N-dealkylation sites (tertiary alicyclic amines) is 1. The van der Waals surface area contributed by atoms with E-state index in [0.29, 0.717) is 28.2 Å². The van der Waals surface area contributed by atoms with Gasteiger partial charge in [-0.15, -0.1) is 6.58 Å². The zero-order chi connectivity index (χ0) is 31.9. The maximum atomic E-state index is 13.9. The van der Waals surface area contributed by atoms with Gasteiger partial charge in [0.2, 0.25) is 11.8 Å². The highest BCUT2D eigenvalue weighted by Gasteiger charge is 2.45. The highest BCUT2D eigenvalue weighted by atomic mass is 79.9. The van der Waals surface area contributed by atoms with Gasteiger partial charge in [0.05, 0.1) is 29.0 Å². The minimum Gasteiger partial charge on any atom is -0.336 e. The van der Waals surface area contributed by atoms with Crippen molar-refractivity contribution in [3.8, 4) is 11.3 Å². The van der Waals surface area contributed by atoms with Crippen LogP contribution in [0.4, 0.5) is 19.0 Å². The molecule has 1 aliphatic heterocycles. The summed E-state index contributed by atoms with van der Waals surface area (Å²) in [5.41, 5.74) is 0.926. The third-order valence-corrected chi connectivity index (χ3v) is 8.07. The fraction of sp³-hybridized carbons (Fsp3) is 0.300. The number of nitrogens with one attached hydrogen (secondary N) is 1. The molecule has 44 heavy (non-hydrogen) atoms. The summed E-state index contributed by atoms with van der Waals surface area (Å²) in [4.78, 5) is 58.1. The molecule has 0 unspecified atom stereocenters. The van der Waals surface area contributed by atoms with Crippen molar-refractivity contribution in [1.82, 2.24) is 29.4 Å². The van der Waals surface area contributed by atoms with Gasteiger partial charge >= 0.3 is 6.18 Å². The number of alkyl halides is 3. The summed E-state index contributed by atoms with van der Waals surface area (Å²) in [6.45, 7) is 8.74. The number of fused-ring (bicyclic) bond motifs is 1. The van der Waals surface area contributed by atoms with Crippen LogP contribution < -0.4 is 5.32 Å². The minimum absolute atomic E-state index is 0.0359. The number of hydrogen-bond donors (Lipinski definition) is 1. The number of nitrogens with zero attached hydrogens (tertiary/aromatic N) is 6. The standard InChI is InChI=1S/C30H27BrF3N7O3/c1-5-22-16(3)8-23(29(44)39-28-15(2)6-7-25(31)38-28)41(22)26(42)14-40-13-20(27(43)30(32,33)34)19-9-21(37-12-24(19)40)18-10-35-17(4)36-11-18/h5-7,9-13,16,22-23H,1,8,14H2,2-4H3,(H,38,39,44)/t16-,22+,23-/m0/s1. The van der Waals surface area contributed by atoms with E-state index >= 15 is 0 Å². The molecule has 0 spiro atoms. The van der Waals surface area contributed by atoms with Crippen LogP contribution >= 0.6 is 15.9 Å². The number of halogens is 4. The molecule has 0 bridgehead atoms. The van der Waals surface area contributed by atoms with Gasteiger partial charge in [-0.2, -0.15) is 13.2 Å². The second-order valence-corrected chi connectivity index (χ2v) is 11.5. The van der Waals surface area contributed by atoms with Gasteiger partial charge in [-0.1, -0.05) is 19.1 Å². The first kappa shape index (κ1) is 31.0. The van der Waals surface area contributed by atoms with Crippen LogP contribution in [0.25, 0.3) is 22.2 Å².